The number of rotatable bonds is 4. The molecule has 2 N–H and O–H groups in total. The van der Waals surface area contributed by atoms with E-state index in [1.807, 2.05) is 30.3 Å². The monoisotopic (exact) mass is 400 g/mol. The van der Waals surface area contributed by atoms with Crippen LogP contribution in [0.25, 0.3) is 0 Å². The number of benzene rings is 2. The summed E-state index contributed by atoms with van der Waals surface area (Å²) in [7, 11) is 0. The topological polar surface area (TPSA) is 55.6 Å². The highest BCUT2D eigenvalue weighted by molar-refractivity contribution is 6.34. The van der Waals surface area contributed by atoms with Crippen molar-refractivity contribution < 1.29 is 9.53 Å². The average molecular weight is 402 g/mol. The van der Waals surface area contributed by atoms with Crippen molar-refractivity contribution in [3.63, 3.8) is 0 Å². The molecule has 1 aliphatic heterocycles. The van der Waals surface area contributed by atoms with Crippen LogP contribution in [0.5, 0.6) is 5.75 Å². The molecule has 0 unspecified atom stereocenters. The Morgan fingerprint density at radius 1 is 1.16 bits per heavy atom. The lowest BCUT2D eigenvalue weighted by atomic mass is 9.95. The Kier molecular flexibility index (Phi) is 6.96. The Balaban J connectivity index is 0.00000225. The third-order valence-electron chi connectivity index (χ3n) is 4.19. The average Bonchev–Trinajstić information content (AvgIpc) is 2.98. The lowest BCUT2D eigenvalue weighted by Gasteiger charge is -2.17. The number of carbonyl (C=O) groups excluding carboxylic acids is 1. The Bertz CT molecular complexity index is 728. The molecule has 2 aromatic carbocycles. The molecule has 4 nitrogen and oxygen atoms in total. The minimum absolute atomic E-state index is 0. The Morgan fingerprint density at radius 3 is 2.60 bits per heavy atom. The van der Waals surface area contributed by atoms with Gasteiger partial charge in [0.25, 0.3) is 5.91 Å². The van der Waals surface area contributed by atoms with E-state index >= 15 is 0 Å². The van der Waals surface area contributed by atoms with Gasteiger partial charge in [0.15, 0.2) is 6.61 Å². The highest BCUT2D eigenvalue weighted by Gasteiger charge is 2.33. The molecule has 134 valence electrons. The maximum atomic E-state index is 12.4. The number of amides is 1. The number of carbonyl (C=O) groups is 1. The van der Waals surface area contributed by atoms with Crippen molar-refractivity contribution in [3.05, 3.63) is 64.1 Å². The van der Waals surface area contributed by atoms with Gasteiger partial charge < -0.3 is 15.4 Å². The molecule has 0 aromatic heterocycles. The van der Waals surface area contributed by atoms with Gasteiger partial charge in [-0.25, -0.2) is 0 Å². The molecule has 1 saturated heterocycles. The number of halogens is 3. The van der Waals surface area contributed by atoms with Crippen LogP contribution in [0.1, 0.15) is 11.5 Å². The summed E-state index contributed by atoms with van der Waals surface area (Å²) >= 11 is 12.0. The van der Waals surface area contributed by atoms with Crippen molar-refractivity contribution in [1.29, 1.82) is 0 Å². The van der Waals surface area contributed by atoms with Gasteiger partial charge in [0.2, 0.25) is 0 Å². The molecule has 7 heteroatoms. The number of hydrogen-bond acceptors (Lipinski definition) is 3. The maximum Gasteiger partial charge on any atom is 0.260 e. The molecule has 0 aliphatic carbocycles. The summed E-state index contributed by atoms with van der Waals surface area (Å²) in [4.78, 5) is 14.1. The van der Waals surface area contributed by atoms with Gasteiger partial charge in [0.1, 0.15) is 5.75 Å². The molecular weight excluding hydrogens is 383 g/mol. The molecule has 2 atom stereocenters. The summed E-state index contributed by atoms with van der Waals surface area (Å²) < 4.78 is 5.52. The van der Waals surface area contributed by atoms with Crippen LogP contribution in [0.4, 0.5) is 0 Å². The predicted molar refractivity (Wildman–Crippen MR) is 103 cm³/mol. The second-order valence-corrected chi connectivity index (χ2v) is 6.69. The third kappa shape index (κ3) is 4.79. The fraction of sp³-hybridized carbons (Fsp3) is 0.278. The first-order chi connectivity index (χ1) is 11.5. The zero-order valence-electron chi connectivity index (χ0n) is 13.4. The highest BCUT2D eigenvalue weighted by Crippen LogP contribution is 2.29. The first-order valence-electron chi connectivity index (χ1n) is 7.71. The number of nitrogens with two attached hydrogens (primary N) is 1. The fourth-order valence-electron chi connectivity index (χ4n) is 2.90. The molecule has 2 aromatic rings. The molecule has 1 aliphatic rings. The van der Waals surface area contributed by atoms with Gasteiger partial charge in [-0.05, 0) is 17.7 Å². The van der Waals surface area contributed by atoms with Crippen molar-refractivity contribution >= 4 is 41.5 Å². The lowest BCUT2D eigenvalue weighted by Crippen LogP contribution is -2.35. The summed E-state index contributed by atoms with van der Waals surface area (Å²) in [5.74, 6) is 0.436. The third-order valence-corrected chi connectivity index (χ3v) is 4.74. The first-order valence-corrected chi connectivity index (χ1v) is 8.46. The van der Waals surface area contributed by atoms with Crippen molar-refractivity contribution in [3.8, 4) is 5.75 Å². The molecule has 0 spiro atoms. The van der Waals surface area contributed by atoms with Gasteiger partial charge >= 0.3 is 0 Å². The quantitative estimate of drug-likeness (QED) is 0.849. The second-order valence-electron chi connectivity index (χ2n) is 5.84. The fourth-order valence-corrected chi connectivity index (χ4v) is 3.24. The van der Waals surface area contributed by atoms with Crippen molar-refractivity contribution in [2.24, 2.45) is 5.73 Å². The normalized spacial score (nSPS) is 19.4. The predicted octanol–water partition coefficient (Wildman–Crippen LogP) is 3.75. The van der Waals surface area contributed by atoms with Gasteiger partial charge in [-0.1, -0.05) is 53.5 Å². The van der Waals surface area contributed by atoms with Gasteiger partial charge in [-0.2, -0.15) is 0 Å². The van der Waals surface area contributed by atoms with E-state index in [0.717, 1.165) is 5.56 Å². The summed E-state index contributed by atoms with van der Waals surface area (Å²) in [6.45, 7) is 1.02. The summed E-state index contributed by atoms with van der Waals surface area (Å²) in [5.41, 5.74) is 7.37. The smallest absolute Gasteiger partial charge is 0.260 e. The van der Waals surface area contributed by atoms with Gasteiger partial charge in [-0.15, -0.1) is 12.4 Å². The summed E-state index contributed by atoms with van der Waals surface area (Å²) in [6.07, 6.45) is 0. The molecule has 0 saturated carbocycles. The van der Waals surface area contributed by atoms with E-state index in [0.29, 0.717) is 28.9 Å². The standard InChI is InChI=1S/C18H18Cl2N2O2.ClH/c19-13-6-7-15(20)17(8-13)24-11-18(23)22-9-14(16(21)10-22)12-4-2-1-3-5-12;/h1-8,14,16H,9-11,21H2;1H/t14-,16+;/m0./s1. The van der Waals surface area contributed by atoms with Crippen LogP contribution in [-0.4, -0.2) is 36.5 Å². The van der Waals surface area contributed by atoms with Crippen molar-refractivity contribution in [2.45, 2.75) is 12.0 Å². The van der Waals surface area contributed by atoms with Crippen LogP contribution in [0.15, 0.2) is 48.5 Å². The molecule has 3 rings (SSSR count). The minimum Gasteiger partial charge on any atom is -0.482 e. The molecule has 0 bridgehead atoms. The largest absolute Gasteiger partial charge is 0.482 e. The van der Waals surface area contributed by atoms with Crippen LogP contribution >= 0.6 is 35.6 Å². The van der Waals surface area contributed by atoms with Gasteiger partial charge in [0, 0.05) is 36.1 Å². The summed E-state index contributed by atoms with van der Waals surface area (Å²) in [5, 5.41) is 0.932. The highest BCUT2D eigenvalue weighted by atomic mass is 35.5. The Hall–Kier alpha value is -1.46. The molecule has 1 heterocycles. The molecule has 0 radical (unpaired) electrons. The van der Waals surface area contributed by atoms with Crippen molar-refractivity contribution in [2.75, 3.05) is 19.7 Å². The molecule has 1 fully saturated rings. The van der Waals surface area contributed by atoms with E-state index < -0.39 is 0 Å². The maximum absolute atomic E-state index is 12.4. The van der Waals surface area contributed by atoms with E-state index in [-0.39, 0.29) is 36.9 Å². The second kappa shape index (κ2) is 8.77. The number of ether oxygens (including phenoxy) is 1. The van der Waals surface area contributed by atoms with Crippen LogP contribution in [-0.2, 0) is 4.79 Å². The Labute approximate surface area is 163 Å². The van der Waals surface area contributed by atoms with E-state index in [1.165, 1.54) is 0 Å². The molecule has 1 amide bonds. The zero-order valence-corrected chi connectivity index (χ0v) is 15.7. The van der Waals surface area contributed by atoms with E-state index in [1.54, 1.807) is 23.1 Å². The van der Waals surface area contributed by atoms with E-state index in [2.05, 4.69) is 0 Å². The van der Waals surface area contributed by atoms with Gasteiger partial charge in [-0.3, -0.25) is 4.79 Å². The summed E-state index contributed by atoms with van der Waals surface area (Å²) in [6, 6.07) is 14.8. The van der Waals surface area contributed by atoms with Crippen LogP contribution in [0, 0.1) is 0 Å². The van der Waals surface area contributed by atoms with E-state index in [4.69, 9.17) is 33.7 Å². The molecular formula is C18H19Cl3N2O2. The first kappa shape index (κ1) is 19.9. The van der Waals surface area contributed by atoms with Crippen LogP contribution in [0.2, 0.25) is 10.0 Å². The number of hydrogen-bond donors (Lipinski definition) is 1. The van der Waals surface area contributed by atoms with Crippen molar-refractivity contribution in [1.82, 2.24) is 4.90 Å². The van der Waals surface area contributed by atoms with Crippen LogP contribution < -0.4 is 10.5 Å². The minimum atomic E-state index is -0.111. The number of likely N-dealkylation sites (tertiary alicyclic amines) is 1. The van der Waals surface area contributed by atoms with Crippen LogP contribution in [0.3, 0.4) is 0 Å². The van der Waals surface area contributed by atoms with Gasteiger partial charge in [0.05, 0.1) is 5.02 Å². The zero-order chi connectivity index (χ0) is 17.1. The molecule has 25 heavy (non-hydrogen) atoms. The SMILES string of the molecule is Cl.N[C@@H]1CN(C(=O)COc2cc(Cl)ccc2Cl)C[C@H]1c1ccccc1. The van der Waals surface area contributed by atoms with E-state index in [9.17, 15) is 4.79 Å². The number of nitrogens with zero attached hydrogens (tertiary/aromatic N) is 1. The lowest BCUT2D eigenvalue weighted by molar-refractivity contribution is -0.132. The Morgan fingerprint density at radius 2 is 1.88 bits per heavy atom.